The van der Waals surface area contributed by atoms with E-state index >= 15 is 0 Å². The Labute approximate surface area is 114 Å². The van der Waals surface area contributed by atoms with Crippen LogP contribution in [0.3, 0.4) is 0 Å². The second-order valence-electron chi connectivity index (χ2n) is 3.50. The average Bonchev–Trinajstić information content (AvgIpc) is 2.24. The van der Waals surface area contributed by atoms with E-state index in [-0.39, 0.29) is 0 Å². The Kier molecular flexibility index (Phi) is 6.39. The molecule has 0 amide bonds. The van der Waals surface area contributed by atoms with Crippen molar-refractivity contribution < 1.29 is 4.74 Å². The van der Waals surface area contributed by atoms with E-state index < -0.39 is 0 Å². The smallest absolute Gasteiger partial charge is 0.138 e. The van der Waals surface area contributed by atoms with Crippen LogP contribution in [0.25, 0.3) is 0 Å². The van der Waals surface area contributed by atoms with Crippen LogP contribution in [0, 0.1) is 0 Å². The van der Waals surface area contributed by atoms with E-state index in [1.54, 1.807) is 0 Å². The molecule has 0 atom stereocenters. The van der Waals surface area contributed by atoms with Crippen molar-refractivity contribution in [1.82, 2.24) is 5.32 Å². The van der Waals surface area contributed by atoms with Gasteiger partial charge in [0.05, 0.1) is 11.1 Å². The van der Waals surface area contributed by atoms with Crippen LogP contribution >= 0.6 is 31.9 Å². The quantitative estimate of drug-likeness (QED) is 0.833. The van der Waals surface area contributed by atoms with Gasteiger partial charge in [0.1, 0.15) is 5.75 Å². The summed E-state index contributed by atoms with van der Waals surface area (Å²) in [5.74, 6) is 0.950. The molecule has 0 saturated heterocycles. The standard InChI is InChI=1S/C12H17Br2NO/c1-3-5-16-12-9(8-15-4-2)6-10(13)7-11(12)14/h6-7,15H,3-5,8H2,1-2H3. The van der Waals surface area contributed by atoms with Crippen molar-refractivity contribution in [3.63, 3.8) is 0 Å². The van der Waals surface area contributed by atoms with Gasteiger partial charge in [0.25, 0.3) is 0 Å². The van der Waals surface area contributed by atoms with Gasteiger partial charge in [-0.1, -0.05) is 29.8 Å². The summed E-state index contributed by atoms with van der Waals surface area (Å²) < 4.78 is 7.83. The molecule has 1 aromatic rings. The molecule has 0 aromatic heterocycles. The fraction of sp³-hybridized carbons (Fsp3) is 0.500. The van der Waals surface area contributed by atoms with Crippen LogP contribution in [0.1, 0.15) is 25.8 Å². The van der Waals surface area contributed by atoms with Crippen LogP contribution in [0.15, 0.2) is 21.1 Å². The van der Waals surface area contributed by atoms with Crippen molar-refractivity contribution in [2.24, 2.45) is 0 Å². The Hall–Kier alpha value is -0.0600. The van der Waals surface area contributed by atoms with Gasteiger partial charge in [-0.05, 0) is 41.0 Å². The second-order valence-corrected chi connectivity index (χ2v) is 5.27. The fourth-order valence-corrected chi connectivity index (χ4v) is 2.80. The summed E-state index contributed by atoms with van der Waals surface area (Å²) in [6.45, 7) is 6.74. The maximum Gasteiger partial charge on any atom is 0.138 e. The molecule has 16 heavy (non-hydrogen) atoms. The lowest BCUT2D eigenvalue weighted by Gasteiger charge is -2.14. The molecule has 1 N–H and O–H groups in total. The predicted octanol–water partition coefficient (Wildman–Crippen LogP) is 4.11. The van der Waals surface area contributed by atoms with Gasteiger partial charge in [-0.3, -0.25) is 0 Å². The molecular weight excluding hydrogens is 334 g/mol. The van der Waals surface area contributed by atoms with Crippen LogP contribution in [0.4, 0.5) is 0 Å². The maximum absolute atomic E-state index is 5.76. The highest BCUT2D eigenvalue weighted by Crippen LogP contribution is 2.33. The lowest BCUT2D eigenvalue weighted by molar-refractivity contribution is 0.311. The maximum atomic E-state index is 5.76. The number of hydrogen-bond acceptors (Lipinski definition) is 2. The van der Waals surface area contributed by atoms with Crippen molar-refractivity contribution >= 4 is 31.9 Å². The van der Waals surface area contributed by atoms with Gasteiger partial charge in [-0.2, -0.15) is 0 Å². The lowest BCUT2D eigenvalue weighted by Crippen LogP contribution is -2.13. The Bertz CT molecular complexity index is 342. The molecule has 0 spiro atoms. The lowest BCUT2D eigenvalue weighted by atomic mass is 10.2. The van der Waals surface area contributed by atoms with E-state index in [9.17, 15) is 0 Å². The van der Waals surface area contributed by atoms with Crippen molar-refractivity contribution in [1.29, 1.82) is 0 Å². The Morgan fingerprint density at radius 3 is 2.62 bits per heavy atom. The molecule has 90 valence electrons. The summed E-state index contributed by atoms with van der Waals surface area (Å²) in [6.07, 6.45) is 1.02. The van der Waals surface area contributed by atoms with Gasteiger partial charge in [-0.15, -0.1) is 0 Å². The van der Waals surface area contributed by atoms with Crippen molar-refractivity contribution in [2.45, 2.75) is 26.8 Å². The zero-order valence-corrected chi connectivity index (χ0v) is 12.8. The van der Waals surface area contributed by atoms with Crippen molar-refractivity contribution in [2.75, 3.05) is 13.2 Å². The van der Waals surface area contributed by atoms with E-state index in [4.69, 9.17) is 4.74 Å². The van der Waals surface area contributed by atoms with Gasteiger partial charge in [0.15, 0.2) is 0 Å². The summed E-state index contributed by atoms with van der Waals surface area (Å²) in [7, 11) is 0. The zero-order valence-electron chi connectivity index (χ0n) is 9.65. The van der Waals surface area contributed by atoms with E-state index in [1.807, 2.05) is 6.07 Å². The molecule has 2 nitrogen and oxygen atoms in total. The van der Waals surface area contributed by atoms with Crippen LogP contribution in [0.2, 0.25) is 0 Å². The van der Waals surface area contributed by atoms with Crippen LogP contribution in [-0.2, 0) is 6.54 Å². The number of ether oxygens (including phenoxy) is 1. The summed E-state index contributed by atoms with van der Waals surface area (Å²) in [4.78, 5) is 0. The van der Waals surface area contributed by atoms with E-state index in [0.29, 0.717) is 0 Å². The zero-order chi connectivity index (χ0) is 12.0. The number of halogens is 2. The number of nitrogens with one attached hydrogen (secondary N) is 1. The SMILES string of the molecule is CCCOc1c(Br)cc(Br)cc1CNCC. The highest BCUT2D eigenvalue weighted by molar-refractivity contribution is 9.11. The first-order chi connectivity index (χ1) is 7.69. The largest absolute Gasteiger partial charge is 0.492 e. The van der Waals surface area contributed by atoms with Crippen LogP contribution < -0.4 is 10.1 Å². The van der Waals surface area contributed by atoms with Crippen molar-refractivity contribution in [3.05, 3.63) is 26.6 Å². The summed E-state index contributed by atoms with van der Waals surface area (Å²) in [6, 6.07) is 4.11. The van der Waals surface area contributed by atoms with Gasteiger partial charge >= 0.3 is 0 Å². The monoisotopic (exact) mass is 349 g/mol. The minimum absolute atomic E-state index is 0.749. The molecule has 0 aliphatic heterocycles. The molecule has 4 heteroatoms. The Morgan fingerprint density at radius 2 is 2.00 bits per heavy atom. The topological polar surface area (TPSA) is 21.3 Å². The number of hydrogen-bond donors (Lipinski definition) is 1. The molecule has 0 heterocycles. The first-order valence-electron chi connectivity index (χ1n) is 5.50. The average molecular weight is 351 g/mol. The molecule has 0 aliphatic carbocycles. The van der Waals surface area contributed by atoms with Gasteiger partial charge < -0.3 is 10.1 Å². The molecule has 0 saturated carbocycles. The van der Waals surface area contributed by atoms with Gasteiger partial charge in [-0.25, -0.2) is 0 Å². The molecule has 0 aliphatic rings. The molecule has 1 aromatic carbocycles. The molecule has 0 bridgehead atoms. The highest BCUT2D eigenvalue weighted by atomic mass is 79.9. The predicted molar refractivity (Wildman–Crippen MR) is 75.0 cm³/mol. The Balaban J connectivity index is 2.91. The normalized spacial score (nSPS) is 10.5. The summed E-state index contributed by atoms with van der Waals surface area (Å²) >= 11 is 7.03. The van der Waals surface area contributed by atoms with E-state index in [1.165, 1.54) is 5.56 Å². The third-order valence-electron chi connectivity index (χ3n) is 2.10. The van der Waals surface area contributed by atoms with Crippen LogP contribution in [-0.4, -0.2) is 13.2 Å². The Morgan fingerprint density at radius 1 is 1.25 bits per heavy atom. The molecule has 0 radical (unpaired) electrons. The second kappa shape index (κ2) is 7.30. The molecule has 0 fully saturated rings. The minimum Gasteiger partial charge on any atom is -0.492 e. The minimum atomic E-state index is 0.749. The first-order valence-corrected chi connectivity index (χ1v) is 7.09. The van der Waals surface area contributed by atoms with E-state index in [0.717, 1.165) is 40.8 Å². The third kappa shape index (κ3) is 4.07. The summed E-state index contributed by atoms with van der Waals surface area (Å²) in [5, 5.41) is 3.31. The number of rotatable bonds is 6. The molecule has 0 unspecified atom stereocenters. The van der Waals surface area contributed by atoms with E-state index in [2.05, 4.69) is 57.1 Å². The molecule has 1 rings (SSSR count). The van der Waals surface area contributed by atoms with Gasteiger partial charge in [0.2, 0.25) is 0 Å². The van der Waals surface area contributed by atoms with Gasteiger partial charge in [0, 0.05) is 16.6 Å². The number of benzene rings is 1. The first kappa shape index (κ1) is 14.0. The summed E-state index contributed by atoms with van der Waals surface area (Å²) in [5.41, 5.74) is 1.18. The third-order valence-corrected chi connectivity index (χ3v) is 3.15. The fourth-order valence-electron chi connectivity index (χ4n) is 1.37. The van der Waals surface area contributed by atoms with Crippen molar-refractivity contribution in [3.8, 4) is 5.75 Å². The molecular formula is C12H17Br2NO. The highest BCUT2D eigenvalue weighted by Gasteiger charge is 2.09. The van der Waals surface area contributed by atoms with Crippen LogP contribution in [0.5, 0.6) is 5.75 Å².